The third-order valence-corrected chi connectivity index (χ3v) is 4.82. The average Bonchev–Trinajstić information content (AvgIpc) is 2.84. The number of carbonyl (C=O) groups excluding carboxylic acids is 2. The van der Waals surface area contributed by atoms with E-state index in [-0.39, 0.29) is 18.0 Å². The number of hydrogen-bond donors (Lipinski definition) is 3. The maximum atomic E-state index is 12.3. The van der Waals surface area contributed by atoms with E-state index in [1.807, 2.05) is 0 Å². The first-order chi connectivity index (χ1) is 12.1. The Morgan fingerprint density at radius 3 is 2.84 bits per heavy atom. The van der Waals surface area contributed by atoms with E-state index in [0.29, 0.717) is 26.0 Å². The Balaban J connectivity index is 1.47. The van der Waals surface area contributed by atoms with Crippen molar-refractivity contribution in [1.29, 1.82) is 0 Å². The van der Waals surface area contributed by atoms with E-state index in [1.165, 1.54) is 4.90 Å². The van der Waals surface area contributed by atoms with Gasteiger partial charge in [-0.15, -0.1) is 0 Å². The summed E-state index contributed by atoms with van der Waals surface area (Å²) in [6.07, 6.45) is 4.38. The summed E-state index contributed by atoms with van der Waals surface area (Å²) in [6, 6.07) is -1.08. The summed E-state index contributed by atoms with van der Waals surface area (Å²) in [5.74, 6) is -1.51. The van der Waals surface area contributed by atoms with Gasteiger partial charge in [-0.2, -0.15) is 5.06 Å². The standard InChI is InChI=1S/C15H24N4O6/c20-13(21)9-25-19-11-4-5-12(18(7-11)15(19)23)14(22)17-24-8-10-3-1-2-6-16-10/h10-12,16H,1-9H2,(H,17,22)(H,20,21)/t10-,11+,12-/m0/s1. The largest absolute Gasteiger partial charge is 0.479 e. The number of rotatable bonds is 7. The fourth-order valence-corrected chi connectivity index (χ4v) is 3.54. The second-order valence-corrected chi connectivity index (χ2v) is 6.60. The highest BCUT2D eigenvalue weighted by Gasteiger charge is 2.48. The number of fused-ring (bicyclic) bond motifs is 2. The number of aliphatic carboxylic acids is 1. The van der Waals surface area contributed by atoms with Gasteiger partial charge in [-0.25, -0.2) is 15.1 Å². The summed E-state index contributed by atoms with van der Waals surface area (Å²) in [6.45, 7) is 1.12. The number of carboxylic acid groups (broad SMARTS) is 1. The van der Waals surface area contributed by atoms with Crippen LogP contribution in [0.5, 0.6) is 0 Å². The quantitative estimate of drug-likeness (QED) is 0.524. The van der Waals surface area contributed by atoms with Crippen molar-refractivity contribution < 1.29 is 29.2 Å². The average molecular weight is 356 g/mol. The van der Waals surface area contributed by atoms with Crippen molar-refractivity contribution in [2.24, 2.45) is 0 Å². The summed E-state index contributed by atoms with van der Waals surface area (Å²) in [5, 5.41) is 13.1. The maximum Gasteiger partial charge on any atom is 0.345 e. The Bertz CT molecular complexity index is 524. The fraction of sp³-hybridized carbons (Fsp3) is 0.800. The van der Waals surface area contributed by atoms with Crippen LogP contribution in [0.3, 0.4) is 0 Å². The van der Waals surface area contributed by atoms with Crippen molar-refractivity contribution in [3.8, 4) is 0 Å². The van der Waals surface area contributed by atoms with Crippen LogP contribution in [0.2, 0.25) is 0 Å². The molecule has 0 spiro atoms. The Kier molecular flexibility index (Phi) is 5.71. The minimum Gasteiger partial charge on any atom is -0.479 e. The van der Waals surface area contributed by atoms with Crippen LogP contribution >= 0.6 is 0 Å². The second-order valence-electron chi connectivity index (χ2n) is 6.60. The molecule has 3 aliphatic rings. The first-order valence-corrected chi connectivity index (χ1v) is 8.66. The second kappa shape index (κ2) is 7.98. The van der Waals surface area contributed by atoms with E-state index in [9.17, 15) is 14.4 Å². The van der Waals surface area contributed by atoms with Gasteiger partial charge in [0.25, 0.3) is 5.91 Å². The van der Waals surface area contributed by atoms with Gasteiger partial charge in [-0.3, -0.25) is 14.5 Å². The van der Waals surface area contributed by atoms with E-state index in [2.05, 4.69) is 10.8 Å². The summed E-state index contributed by atoms with van der Waals surface area (Å²) in [7, 11) is 0. The van der Waals surface area contributed by atoms with Gasteiger partial charge in [-0.05, 0) is 32.2 Å². The molecule has 0 aromatic carbocycles. The lowest BCUT2D eigenvalue weighted by molar-refractivity contribution is -0.167. The van der Waals surface area contributed by atoms with Gasteiger partial charge in [0, 0.05) is 12.6 Å². The van der Waals surface area contributed by atoms with Crippen LogP contribution in [0.4, 0.5) is 4.79 Å². The molecule has 3 rings (SSSR count). The molecule has 0 aromatic rings. The number of carbonyl (C=O) groups is 3. The lowest BCUT2D eigenvalue weighted by Gasteiger charge is -2.29. The number of hydroxylamine groups is 3. The number of nitrogens with zero attached hydrogens (tertiary/aromatic N) is 2. The molecule has 3 aliphatic heterocycles. The van der Waals surface area contributed by atoms with Crippen LogP contribution in [-0.4, -0.2) is 77.4 Å². The van der Waals surface area contributed by atoms with Crippen LogP contribution in [0.25, 0.3) is 0 Å². The highest BCUT2D eigenvalue weighted by atomic mass is 16.7. The van der Waals surface area contributed by atoms with Gasteiger partial charge in [0.2, 0.25) is 0 Å². The van der Waals surface area contributed by atoms with Crippen LogP contribution in [-0.2, 0) is 19.3 Å². The molecule has 3 heterocycles. The molecule has 10 nitrogen and oxygen atoms in total. The molecular weight excluding hydrogens is 332 g/mol. The predicted octanol–water partition coefficient (Wildman–Crippen LogP) is -0.539. The highest BCUT2D eigenvalue weighted by Crippen LogP contribution is 2.30. The Labute approximate surface area is 145 Å². The van der Waals surface area contributed by atoms with Crippen molar-refractivity contribution in [3.63, 3.8) is 0 Å². The molecule has 10 heteroatoms. The summed E-state index contributed by atoms with van der Waals surface area (Å²) < 4.78 is 0. The minimum atomic E-state index is -1.15. The highest BCUT2D eigenvalue weighted by molar-refractivity contribution is 5.88. The molecule has 0 aromatic heterocycles. The molecule has 0 saturated carbocycles. The van der Waals surface area contributed by atoms with Crippen molar-refractivity contribution in [2.45, 2.75) is 50.2 Å². The molecule has 3 atom stereocenters. The molecule has 3 saturated heterocycles. The topological polar surface area (TPSA) is 120 Å². The van der Waals surface area contributed by atoms with Crippen LogP contribution in [0.15, 0.2) is 0 Å². The zero-order chi connectivity index (χ0) is 17.8. The Hall–Kier alpha value is -1.91. The van der Waals surface area contributed by atoms with Crippen LogP contribution in [0.1, 0.15) is 32.1 Å². The molecule has 0 unspecified atom stereocenters. The van der Waals surface area contributed by atoms with Crippen molar-refractivity contribution in [1.82, 2.24) is 20.8 Å². The van der Waals surface area contributed by atoms with Gasteiger partial charge < -0.3 is 15.3 Å². The molecule has 3 fully saturated rings. The van der Waals surface area contributed by atoms with Gasteiger partial charge >= 0.3 is 12.0 Å². The molecule has 0 radical (unpaired) electrons. The van der Waals surface area contributed by atoms with Gasteiger partial charge in [0.1, 0.15) is 6.04 Å². The van der Waals surface area contributed by atoms with Crippen molar-refractivity contribution >= 4 is 17.9 Å². The van der Waals surface area contributed by atoms with Crippen molar-refractivity contribution in [3.05, 3.63) is 0 Å². The molecule has 3 N–H and O–H groups in total. The van der Waals surface area contributed by atoms with E-state index < -0.39 is 24.6 Å². The van der Waals surface area contributed by atoms with Crippen molar-refractivity contribution in [2.75, 3.05) is 26.3 Å². The molecule has 0 aliphatic carbocycles. The van der Waals surface area contributed by atoms with Crippen LogP contribution in [0, 0.1) is 0 Å². The van der Waals surface area contributed by atoms with Gasteiger partial charge in [0.15, 0.2) is 6.61 Å². The van der Waals surface area contributed by atoms with Gasteiger partial charge in [0.05, 0.1) is 12.6 Å². The first kappa shape index (κ1) is 17.9. The molecule has 25 heavy (non-hydrogen) atoms. The Morgan fingerprint density at radius 1 is 1.28 bits per heavy atom. The van der Waals surface area contributed by atoms with Gasteiger partial charge in [-0.1, -0.05) is 6.42 Å². The number of carboxylic acids is 1. The first-order valence-electron chi connectivity index (χ1n) is 8.66. The number of nitrogens with one attached hydrogen (secondary N) is 2. The zero-order valence-corrected chi connectivity index (χ0v) is 14.0. The smallest absolute Gasteiger partial charge is 0.345 e. The van der Waals surface area contributed by atoms with E-state index in [4.69, 9.17) is 14.8 Å². The molecule has 3 amide bonds. The number of urea groups is 1. The maximum absolute atomic E-state index is 12.3. The monoisotopic (exact) mass is 356 g/mol. The molecule has 140 valence electrons. The normalized spacial score (nSPS) is 29.0. The number of amides is 3. The zero-order valence-electron chi connectivity index (χ0n) is 14.0. The lowest BCUT2D eigenvalue weighted by Crippen LogP contribution is -2.50. The Morgan fingerprint density at radius 2 is 2.12 bits per heavy atom. The molecular formula is C15H24N4O6. The van der Waals surface area contributed by atoms with E-state index >= 15 is 0 Å². The fourth-order valence-electron chi connectivity index (χ4n) is 3.54. The lowest BCUT2D eigenvalue weighted by atomic mass is 10.0. The predicted molar refractivity (Wildman–Crippen MR) is 84.1 cm³/mol. The van der Waals surface area contributed by atoms with Crippen LogP contribution < -0.4 is 10.8 Å². The SMILES string of the molecule is O=C(O)CON1C(=O)N2C[C@H]1CC[C@H]2C(=O)NOC[C@@H]1CCCCN1. The minimum absolute atomic E-state index is 0.219. The van der Waals surface area contributed by atoms with E-state index in [1.54, 1.807) is 0 Å². The van der Waals surface area contributed by atoms with E-state index in [0.717, 1.165) is 30.9 Å². The number of piperidine rings is 2. The summed E-state index contributed by atoms with van der Waals surface area (Å²) >= 11 is 0. The number of hydrogen-bond acceptors (Lipinski definition) is 6. The summed E-state index contributed by atoms with van der Waals surface area (Å²) in [5.41, 5.74) is 2.44. The third kappa shape index (κ3) is 4.20. The summed E-state index contributed by atoms with van der Waals surface area (Å²) in [4.78, 5) is 47.1. The molecule has 2 bridgehead atoms. The third-order valence-electron chi connectivity index (χ3n) is 4.82.